The normalized spacial score (nSPS) is 10.1. The summed E-state index contributed by atoms with van der Waals surface area (Å²) >= 11 is 0. The van der Waals surface area contributed by atoms with E-state index in [-0.39, 0.29) is 0 Å². The van der Waals surface area contributed by atoms with Gasteiger partial charge in [-0.25, -0.2) is 0 Å². The third kappa shape index (κ3) is 3.73. The van der Waals surface area contributed by atoms with E-state index >= 15 is 0 Å². The number of rotatable bonds is 6. The van der Waals surface area contributed by atoms with E-state index in [4.69, 9.17) is 0 Å². The summed E-state index contributed by atoms with van der Waals surface area (Å²) in [5.74, 6) is 0. The lowest BCUT2D eigenvalue weighted by Crippen LogP contribution is -1.88. The molecule has 0 aromatic heterocycles. The summed E-state index contributed by atoms with van der Waals surface area (Å²) in [5.41, 5.74) is 2.49. The lowest BCUT2D eigenvalue weighted by atomic mass is 10.0. The second kappa shape index (κ2) is 6.36. The lowest BCUT2D eigenvalue weighted by Gasteiger charge is -2.01. The Morgan fingerprint density at radius 3 is 2.29 bits per heavy atom. The lowest BCUT2D eigenvalue weighted by molar-refractivity contribution is -0.107. The molecule has 0 aliphatic carbocycles. The van der Waals surface area contributed by atoms with Gasteiger partial charge in [-0.2, -0.15) is 0 Å². The van der Waals surface area contributed by atoms with Crippen molar-refractivity contribution < 1.29 is 4.79 Å². The average molecular weight is 190 g/mol. The zero-order valence-corrected chi connectivity index (χ0v) is 8.83. The Bertz CT molecular complexity index is 261. The quantitative estimate of drug-likeness (QED) is 0.497. The summed E-state index contributed by atoms with van der Waals surface area (Å²) in [6.45, 7) is 2.22. The van der Waals surface area contributed by atoms with Gasteiger partial charge >= 0.3 is 0 Å². The fourth-order valence-corrected chi connectivity index (χ4v) is 1.52. The fraction of sp³-hybridized carbons (Fsp3) is 0.462. The molecule has 0 fully saturated rings. The maximum Gasteiger partial charge on any atom is 0.124 e. The average Bonchev–Trinajstić information content (AvgIpc) is 2.21. The maximum absolute atomic E-state index is 10.3. The van der Waals surface area contributed by atoms with Crippen LogP contribution in [0.5, 0.6) is 0 Å². The third-order valence-corrected chi connectivity index (χ3v) is 2.41. The minimum atomic E-state index is 0.537. The van der Waals surface area contributed by atoms with Crippen molar-refractivity contribution in [2.45, 2.75) is 39.0 Å². The van der Waals surface area contributed by atoms with Crippen molar-refractivity contribution in [2.24, 2.45) is 0 Å². The van der Waals surface area contributed by atoms with Crippen LogP contribution >= 0.6 is 0 Å². The number of carbonyl (C=O) groups is 1. The molecule has 0 aliphatic heterocycles. The number of hydrogen-bond donors (Lipinski definition) is 0. The van der Waals surface area contributed by atoms with E-state index in [1.165, 1.54) is 24.8 Å². The predicted octanol–water partition coefficient (Wildman–Crippen LogP) is 3.16. The summed E-state index contributed by atoms with van der Waals surface area (Å²) < 4.78 is 0. The van der Waals surface area contributed by atoms with E-state index in [1.807, 2.05) is 0 Å². The molecule has 1 nitrogen and oxygen atoms in total. The molecule has 76 valence electrons. The van der Waals surface area contributed by atoms with Crippen LogP contribution in [-0.4, -0.2) is 6.29 Å². The van der Waals surface area contributed by atoms with Crippen LogP contribution in [0.4, 0.5) is 0 Å². The summed E-state index contributed by atoms with van der Waals surface area (Å²) in [7, 11) is 0. The first-order valence-corrected chi connectivity index (χ1v) is 5.38. The minimum absolute atomic E-state index is 0.537. The topological polar surface area (TPSA) is 17.1 Å². The van der Waals surface area contributed by atoms with Crippen LogP contribution < -0.4 is 0 Å². The molecule has 1 rings (SSSR count). The van der Waals surface area contributed by atoms with Crippen LogP contribution in [0.15, 0.2) is 24.3 Å². The van der Waals surface area contributed by atoms with Crippen LogP contribution in [0.3, 0.4) is 0 Å². The van der Waals surface area contributed by atoms with Gasteiger partial charge in [0.1, 0.15) is 6.29 Å². The van der Waals surface area contributed by atoms with Gasteiger partial charge in [0.2, 0.25) is 0 Å². The molecule has 0 saturated carbocycles. The molecule has 1 aromatic rings. The molecule has 0 N–H and O–H groups in total. The van der Waals surface area contributed by atoms with Gasteiger partial charge in [-0.3, -0.25) is 0 Å². The van der Waals surface area contributed by atoms with Gasteiger partial charge in [-0.1, -0.05) is 44.0 Å². The maximum atomic E-state index is 10.3. The van der Waals surface area contributed by atoms with E-state index < -0.39 is 0 Å². The second-order valence-electron chi connectivity index (χ2n) is 3.64. The van der Waals surface area contributed by atoms with Gasteiger partial charge in [0, 0.05) is 6.42 Å². The number of aldehydes is 1. The van der Waals surface area contributed by atoms with E-state index in [0.29, 0.717) is 6.42 Å². The Morgan fingerprint density at radius 1 is 1.07 bits per heavy atom. The highest BCUT2D eigenvalue weighted by Gasteiger charge is 1.94. The van der Waals surface area contributed by atoms with Crippen molar-refractivity contribution in [3.63, 3.8) is 0 Å². The van der Waals surface area contributed by atoms with Crippen LogP contribution in [-0.2, 0) is 17.6 Å². The zero-order valence-electron chi connectivity index (χ0n) is 8.83. The van der Waals surface area contributed by atoms with Crippen molar-refractivity contribution in [1.29, 1.82) is 0 Å². The molecule has 0 saturated heterocycles. The summed E-state index contributed by atoms with van der Waals surface area (Å²) in [6.07, 6.45) is 6.49. The molecular weight excluding hydrogens is 172 g/mol. The van der Waals surface area contributed by atoms with Crippen molar-refractivity contribution in [3.05, 3.63) is 35.4 Å². The molecule has 1 heteroatoms. The van der Waals surface area contributed by atoms with E-state index in [2.05, 4.69) is 31.2 Å². The Balaban J connectivity index is 2.42. The van der Waals surface area contributed by atoms with Gasteiger partial charge in [0.25, 0.3) is 0 Å². The highest BCUT2D eigenvalue weighted by molar-refractivity contribution is 5.54. The van der Waals surface area contributed by atoms with Gasteiger partial charge in [-0.15, -0.1) is 0 Å². The van der Waals surface area contributed by atoms with Crippen molar-refractivity contribution >= 4 is 6.29 Å². The predicted molar refractivity (Wildman–Crippen MR) is 59.4 cm³/mol. The Kier molecular flexibility index (Phi) is 4.98. The Hall–Kier alpha value is -1.11. The van der Waals surface area contributed by atoms with Crippen LogP contribution in [0.1, 0.15) is 37.3 Å². The Morgan fingerprint density at radius 2 is 1.71 bits per heavy atom. The van der Waals surface area contributed by atoms with Crippen molar-refractivity contribution in [1.82, 2.24) is 0 Å². The van der Waals surface area contributed by atoms with Crippen molar-refractivity contribution in [3.8, 4) is 0 Å². The first kappa shape index (κ1) is 11.0. The first-order valence-electron chi connectivity index (χ1n) is 5.38. The fourth-order valence-electron chi connectivity index (χ4n) is 1.52. The van der Waals surface area contributed by atoms with Crippen LogP contribution in [0.25, 0.3) is 0 Å². The molecule has 1 aromatic carbocycles. The Labute approximate surface area is 86.1 Å². The van der Waals surface area contributed by atoms with E-state index in [9.17, 15) is 4.79 Å². The highest BCUT2D eigenvalue weighted by Crippen LogP contribution is 2.08. The van der Waals surface area contributed by atoms with E-state index in [1.54, 1.807) is 0 Å². The standard InChI is InChI=1S/C13H18O/c1-2-3-4-5-12-6-8-13(9-7-12)10-11-14/h6-9,11H,2-5,10H2,1H3. The molecule has 0 spiro atoms. The number of aryl methyl sites for hydroxylation is 1. The smallest absolute Gasteiger partial charge is 0.124 e. The second-order valence-corrected chi connectivity index (χ2v) is 3.64. The first-order chi connectivity index (χ1) is 6.86. The number of carbonyl (C=O) groups excluding carboxylic acids is 1. The summed E-state index contributed by atoms with van der Waals surface area (Å²) in [4.78, 5) is 10.3. The minimum Gasteiger partial charge on any atom is -0.303 e. The molecule has 0 atom stereocenters. The molecule has 14 heavy (non-hydrogen) atoms. The molecule has 0 bridgehead atoms. The van der Waals surface area contributed by atoms with Gasteiger partial charge < -0.3 is 4.79 Å². The zero-order chi connectivity index (χ0) is 10.2. The SMILES string of the molecule is CCCCCc1ccc(CC=O)cc1. The third-order valence-electron chi connectivity index (χ3n) is 2.41. The van der Waals surface area contributed by atoms with Gasteiger partial charge in [0.05, 0.1) is 0 Å². The van der Waals surface area contributed by atoms with Crippen LogP contribution in [0, 0.1) is 0 Å². The molecule has 0 unspecified atom stereocenters. The van der Waals surface area contributed by atoms with Gasteiger partial charge in [0.15, 0.2) is 0 Å². The molecule has 0 heterocycles. The van der Waals surface area contributed by atoms with E-state index in [0.717, 1.165) is 18.3 Å². The number of hydrogen-bond acceptors (Lipinski definition) is 1. The number of unbranched alkanes of at least 4 members (excludes halogenated alkanes) is 2. The molecule has 0 radical (unpaired) electrons. The summed E-state index contributed by atoms with van der Waals surface area (Å²) in [5, 5.41) is 0. The van der Waals surface area contributed by atoms with Gasteiger partial charge in [-0.05, 0) is 24.0 Å². The summed E-state index contributed by atoms with van der Waals surface area (Å²) in [6, 6.07) is 8.37. The van der Waals surface area contributed by atoms with Crippen molar-refractivity contribution in [2.75, 3.05) is 0 Å². The number of benzene rings is 1. The van der Waals surface area contributed by atoms with Crippen LogP contribution in [0.2, 0.25) is 0 Å². The molecular formula is C13H18O. The highest BCUT2D eigenvalue weighted by atomic mass is 16.1. The molecule has 0 aliphatic rings. The molecule has 0 amide bonds. The monoisotopic (exact) mass is 190 g/mol. The largest absolute Gasteiger partial charge is 0.303 e.